The second kappa shape index (κ2) is 7.27. The van der Waals surface area contributed by atoms with Gasteiger partial charge in [-0.15, -0.1) is 0 Å². The average molecular weight is 275 g/mol. The van der Waals surface area contributed by atoms with E-state index in [9.17, 15) is 4.79 Å². The number of anilines is 1. The first-order valence-corrected chi connectivity index (χ1v) is 7.69. The van der Waals surface area contributed by atoms with E-state index in [2.05, 4.69) is 22.5 Å². The maximum atomic E-state index is 12.5. The largest absolute Gasteiger partial charge is 0.386 e. The number of nitrogens with one attached hydrogen (secondary N) is 2. The Hall–Kier alpha value is -1.58. The van der Waals surface area contributed by atoms with E-state index in [-0.39, 0.29) is 5.91 Å². The van der Waals surface area contributed by atoms with Gasteiger partial charge in [-0.05, 0) is 31.2 Å². The number of hydrogen-bond donors (Lipinski definition) is 2. The van der Waals surface area contributed by atoms with E-state index in [1.165, 1.54) is 32.1 Å². The van der Waals surface area contributed by atoms with Crippen molar-refractivity contribution in [2.24, 2.45) is 5.92 Å². The molecule has 0 aromatic carbocycles. The molecule has 1 aromatic heterocycles. The van der Waals surface area contributed by atoms with Gasteiger partial charge in [-0.2, -0.15) is 0 Å². The highest BCUT2D eigenvalue weighted by Crippen LogP contribution is 2.28. The summed E-state index contributed by atoms with van der Waals surface area (Å²) in [6.45, 7) is 2.16. The van der Waals surface area contributed by atoms with Crippen molar-refractivity contribution in [1.82, 2.24) is 10.3 Å². The summed E-state index contributed by atoms with van der Waals surface area (Å²) in [5, 5.41) is 6.24. The lowest BCUT2D eigenvalue weighted by atomic mass is 9.83. The molecule has 4 heteroatoms. The molecule has 1 saturated carbocycles. The molecule has 0 radical (unpaired) electrons. The third-order valence-corrected chi connectivity index (χ3v) is 4.31. The van der Waals surface area contributed by atoms with Crippen molar-refractivity contribution in [2.45, 2.75) is 51.5 Å². The van der Waals surface area contributed by atoms with Crippen molar-refractivity contribution in [3.8, 4) is 0 Å². The van der Waals surface area contributed by atoms with Crippen LogP contribution in [0, 0.1) is 5.92 Å². The standard InChI is InChI=1S/C16H25N3O/c1-3-14(12-7-5-4-6-8-12)19-16(20)13-9-10-18-11-15(13)17-2/h9-12,14,17H,3-8H2,1-2H3,(H,19,20). The first-order valence-electron chi connectivity index (χ1n) is 7.69. The topological polar surface area (TPSA) is 54.0 Å². The van der Waals surface area contributed by atoms with E-state index >= 15 is 0 Å². The molecule has 1 atom stereocenters. The van der Waals surface area contributed by atoms with E-state index in [0.29, 0.717) is 17.5 Å². The zero-order valence-electron chi connectivity index (χ0n) is 12.5. The quantitative estimate of drug-likeness (QED) is 0.867. The monoisotopic (exact) mass is 275 g/mol. The molecule has 0 bridgehead atoms. The Morgan fingerprint density at radius 2 is 2.15 bits per heavy atom. The predicted octanol–water partition coefficient (Wildman–Crippen LogP) is 3.21. The molecule has 1 fully saturated rings. The fourth-order valence-corrected chi connectivity index (χ4v) is 3.13. The maximum absolute atomic E-state index is 12.5. The molecule has 1 unspecified atom stereocenters. The Labute approximate surface area is 121 Å². The lowest BCUT2D eigenvalue weighted by Crippen LogP contribution is -2.40. The van der Waals surface area contributed by atoms with Crippen molar-refractivity contribution in [3.63, 3.8) is 0 Å². The Balaban J connectivity index is 2.04. The molecule has 1 aromatic rings. The summed E-state index contributed by atoms with van der Waals surface area (Å²) in [5.41, 5.74) is 1.46. The molecule has 0 spiro atoms. The number of aromatic nitrogens is 1. The molecule has 1 heterocycles. The summed E-state index contributed by atoms with van der Waals surface area (Å²) in [6.07, 6.45) is 10.8. The number of amides is 1. The van der Waals surface area contributed by atoms with Crippen molar-refractivity contribution in [3.05, 3.63) is 24.0 Å². The zero-order chi connectivity index (χ0) is 14.4. The van der Waals surface area contributed by atoms with Crippen LogP contribution in [-0.4, -0.2) is 24.0 Å². The zero-order valence-corrected chi connectivity index (χ0v) is 12.5. The lowest BCUT2D eigenvalue weighted by molar-refractivity contribution is 0.0912. The number of carbonyl (C=O) groups excluding carboxylic acids is 1. The minimum Gasteiger partial charge on any atom is -0.386 e. The first kappa shape index (κ1) is 14.8. The lowest BCUT2D eigenvalue weighted by Gasteiger charge is -2.30. The van der Waals surface area contributed by atoms with Crippen molar-refractivity contribution in [1.29, 1.82) is 0 Å². The van der Waals surface area contributed by atoms with Crippen LogP contribution in [0.25, 0.3) is 0 Å². The van der Waals surface area contributed by atoms with E-state index < -0.39 is 0 Å². The minimum absolute atomic E-state index is 0.00849. The van der Waals surface area contributed by atoms with Gasteiger partial charge in [0.15, 0.2) is 0 Å². The van der Waals surface area contributed by atoms with Crippen LogP contribution in [0.3, 0.4) is 0 Å². The van der Waals surface area contributed by atoms with Crippen LogP contribution < -0.4 is 10.6 Å². The normalized spacial score (nSPS) is 17.5. The van der Waals surface area contributed by atoms with Crippen LogP contribution in [0.15, 0.2) is 18.5 Å². The first-order chi connectivity index (χ1) is 9.76. The molecule has 2 rings (SSSR count). The molecule has 0 saturated heterocycles. The van der Waals surface area contributed by atoms with Gasteiger partial charge < -0.3 is 10.6 Å². The highest BCUT2D eigenvalue weighted by molar-refractivity contribution is 5.99. The van der Waals surface area contributed by atoms with E-state index in [4.69, 9.17) is 0 Å². The van der Waals surface area contributed by atoms with Crippen molar-refractivity contribution in [2.75, 3.05) is 12.4 Å². The number of carbonyl (C=O) groups is 1. The van der Waals surface area contributed by atoms with Gasteiger partial charge in [0.2, 0.25) is 0 Å². The van der Waals surface area contributed by atoms with Gasteiger partial charge in [0.25, 0.3) is 5.91 Å². The SMILES string of the molecule is CCC(NC(=O)c1ccncc1NC)C1CCCCC1. The molecule has 110 valence electrons. The second-order valence-corrected chi connectivity index (χ2v) is 5.56. The minimum atomic E-state index is 0.00849. The molecule has 1 aliphatic carbocycles. The van der Waals surface area contributed by atoms with Crippen LogP contribution in [0.1, 0.15) is 55.8 Å². The summed E-state index contributed by atoms with van der Waals surface area (Å²) < 4.78 is 0. The summed E-state index contributed by atoms with van der Waals surface area (Å²) in [6, 6.07) is 2.06. The molecule has 1 amide bonds. The molecule has 0 aliphatic heterocycles. The maximum Gasteiger partial charge on any atom is 0.253 e. The number of pyridine rings is 1. The van der Waals surface area contributed by atoms with Crippen LogP contribution in [0.4, 0.5) is 5.69 Å². The van der Waals surface area contributed by atoms with Gasteiger partial charge in [0.05, 0.1) is 17.4 Å². The number of hydrogen-bond acceptors (Lipinski definition) is 3. The fourth-order valence-electron chi connectivity index (χ4n) is 3.13. The highest BCUT2D eigenvalue weighted by Gasteiger charge is 2.24. The average Bonchev–Trinajstić information content (AvgIpc) is 2.53. The van der Waals surface area contributed by atoms with Gasteiger partial charge >= 0.3 is 0 Å². The van der Waals surface area contributed by atoms with E-state index in [1.807, 2.05) is 7.05 Å². The Kier molecular flexibility index (Phi) is 5.39. The van der Waals surface area contributed by atoms with Crippen LogP contribution >= 0.6 is 0 Å². The van der Waals surface area contributed by atoms with Crippen LogP contribution in [0.5, 0.6) is 0 Å². The Bertz CT molecular complexity index is 441. The number of nitrogens with zero attached hydrogens (tertiary/aromatic N) is 1. The van der Waals surface area contributed by atoms with Gasteiger partial charge in [-0.3, -0.25) is 9.78 Å². The van der Waals surface area contributed by atoms with Gasteiger partial charge in [-0.25, -0.2) is 0 Å². The predicted molar refractivity (Wildman–Crippen MR) is 81.9 cm³/mol. The summed E-state index contributed by atoms with van der Waals surface area (Å²) in [5.74, 6) is 0.645. The third kappa shape index (κ3) is 3.50. The molecule has 4 nitrogen and oxygen atoms in total. The molecular weight excluding hydrogens is 250 g/mol. The van der Waals surface area contributed by atoms with Crippen molar-refractivity contribution >= 4 is 11.6 Å². The van der Waals surface area contributed by atoms with Gasteiger partial charge in [0.1, 0.15) is 0 Å². The summed E-state index contributed by atoms with van der Waals surface area (Å²) in [4.78, 5) is 16.5. The summed E-state index contributed by atoms with van der Waals surface area (Å²) in [7, 11) is 1.81. The molecule has 2 N–H and O–H groups in total. The summed E-state index contributed by atoms with van der Waals surface area (Å²) >= 11 is 0. The fraction of sp³-hybridized carbons (Fsp3) is 0.625. The van der Waals surface area contributed by atoms with Crippen LogP contribution in [-0.2, 0) is 0 Å². The molecule has 20 heavy (non-hydrogen) atoms. The second-order valence-electron chi connectivity index (χ2n) is 5.56. The molecular formula is C16H25N3O. The third-order valence-electron chi connectivity index (χ3n) is 4.31. The Morgan fingerprint density at radius 3 is 2.80 bits per heavy atom. The smallest absolute Gasteiger partial charge is 0.253 e. The molecule has 1 aliphatic rings. The van der Waals surface area contributed by atoms with E-state index in [0.717, 1.165) is 12.1 Å². The Morgan fingerprint density at radius 1 is 1.40 bits per heavy atom. The van der Waals surface area contributed by atoms with Gasteiger partial charge in [-0.1, -0.05) is 26.2 Å². The van der Waals surface area contributed by atoms with Gasteiger partial charge in [0, 0.05) is 19.3 Å². The van der Waals surface area contributed by atoms with Crippen LogP contribution in [0.2, 0.25) is 0 Å². The number of rotatable bonds is 5. The van der Waals surface area contributed by atoms with E-state index in [1.54, 1.807) is 18.5 Å². The highest BCUT2D eigenvalue weighted by atomic mass is 16.1. The van der Waals surface area contributed by atoms with Crippen molar-refractivity contribution < 1.29 is 4.79 Å².